The van der Waals surface area contributed by atoms with E-state index in [1.807, 2.05) is 13.2 Å². The molecule has 0 amide bonds. The monoisotopic (exact) mass is 481 g/mol. The maximum absolute atomic E-state index is 5.47. The lowest BCUT2D eigenvalue weighted by Gasteiger charge is -2.37. The number of ether oxygens (including phenoxy) is 1. The van der Waals surface area contributed by atoms with Gasteiger partial charge in [0.1, 0.15) is 5.01 Å². The Balaban J connectivity index is 0.00000312. The van der Waals surface area contributed by atoms with E-state index in [4.69, 9.17) is 4.74 Å². The van der Waals surface area contributed by atoms with Crippen LogP contribution in [0, 0.1) is 5.92 Å². The Morgan fingerprint density at radius 2 is 2.08 bits per heavy atom. The molecule has 0 aliphatic carbocycles. The van der Waals surface area contributed by atoms with Crippen LogP contribution in [-0.4, -0.2) is 61.8 Å². The lowest BCUT2D eigenvalue weighted by molar-refractivity contribution is 0.00752. The van der Waals surface area contributed by atoms with Crippen molar-refractivity contribution in [3.05, 3.63) is 16.1 Å². The molecule has 6 nitrogen and oxygen atoms in total. The topological polar surface area (TPSA) is 61.8 Å². The number of nitrogens with one attached hydrogen (secondary N) is 2. The first-order valence-electron chi connectivity index (χ1n) is 8.84. The average Bonchev–Trinajstić information content (AvgIpc) is 3.06. The summed E-state index contributed by atoms with van der Waals surface area (Å²) in [5, 5.41) is 7.94. The molecular formula is C17H32IN5OS. The van der Waals surface area contributed by atoms with Gasteiger partial charge >= 0.3 is 0 Å². The summed E-state index contributed by atoms with van der Waals surface area (Å²) >= 11 is 1.76. The summed E-state index contributed by atoms with van der Waals surface area (Å²) in [6, 6.07) is 0.485. The number of hydrogen-bond donors (Lipinski definition) is 2. The molecule has 2 heterocycles. The lowest BCUT2D eigenvalue weighted by Crippen LogP contribution is -2.52. The van der Waals surface area contributed by atoms with Gasteiger partial charge in [0.15, 0.2) is 5.96 Å². The maximum atomic E-state index is 5.47. The van der Waals surface area contributed by atoms with Gasteiger partial charge in [-0.3, -0.25) is 9.89 Å². The van der Waals surface area contributed by atoms with Crippen molar-refractivity contribution in [3.8, 4) is 0 Å². The number of halogens is 1. The van der Waals surface area contributed by atoms with Crippen LogP contribution in [0.5, 0.6) is 0 Å². The molecule has 8 heteroatoms. The third-order valence-corrected chi connectivity index (χ3v) is 5.49. The Hall–Kier alpha value is -0.450. The molecule has 1 aromatic heterocycles. The Morgan fingerprint density at radius 3 is 2.64 bits per heavy atom. The van der Waals surface area contributed by atoms with Crippen molar-refractivity contribution in [2.24, 2.45) is 10.9 Å². The fourth-order valence-electron chi connectivity index (χ4n) is 2.87. The van der Waals surface area contributed by atoms with Crippen molar-refractivity contribution < 1.29 is 4.74 Å². The van der Waals surface area contributed by atoms with Gasteiger partial charge in [-0.25, -0.2) is 4.98 Å². The fourth-order valence-corrected chi connectivity index (χ4v) is 3.67. The molecule has 25 heavy (non-hydrogen) atoms. The normalized spacial score (nSPS) is 17.2. The second-order valence-electron chi connectivity index (χ2n) is 6.34. The number of aryl methyl sites for hydroxylation is 1. The summed E-state index contributed by atoms with van der Waals surface area (Å²) < 4.78 is 5.47. The number of morpholine rings is 1. The molecule has 0 aromatic carbocycles. The van der Waals surface area contributed by atoms with Crippen molar-refractivity contribution >= 4 is 41.3 Å². The number of thiazole rings is 1. The molecule has 1 aromatic rings. The minimum Gasteiger partial charge on any atom is -0.379 e. The predicted molar refractivity (Wildman–Crippen MR) is 116 cm³/mol. The van der Waals surface area contributed by atoms with Gasteiger partial charge in [0.05, 0.1) is 19.8 Å². The van der Waals surface area contributed by atoms with Crippen LogP contribution in [0.2, 0.25) is 0 Å². The Bertz CT molecular complexity index is 517. The number of aromatic nitrogens is 1. The predicted octanol–water partition coefficient (Wildman–Crippen LogP) is 2.35. The Labute approximate surface area is 172 Å². The van der Waals surface area contributed by atoms with Crippen LogP contribution in [-0.2, 0) is 17.7 Å². The van der Waals surface area contributed by atoms with E-state index in [1.165, 1.54) is 4.88 Å². The summed E-state index contributed by atoms with van der Waals surface area (Å²) in [4.78, 5) is 12.6. The third kappa shape index (κ3) is 7.36. The quantitative estimate of drug-likeness (QED) is 0.356. The van der Waals surface area contributed by atoms with Gasteiger partial charge in [-0.15, -0.1) is 35.3 Å². The number of aliphatic imine (C=N–C) groups is 1. The molecule has 0 bridgehead atoms. The highest BCUT2D eigenvalue weighted by Crippen LogP contribution is 2.13. The highest BCUT2D eigenvalue weighted by atomic mass is 127. The van der Waals surface area contributed by atoms with Crippen LogP contribution in [0.4, 0.5) is 0 Å². The summed E-state index contributed by atoms with van der Waals surface area (Å²) in [5.74, 6) is 1.42. The van der Waals surface area contributed by atoms with E-state index in [-0.39, 0.29) is 24.0 Å². The summed E-state index contributed by atoms with van der Waals surface area (Å²) in [6.45, 7) is 12.0. The maximum Gasteiger partial charge on any atom is 0.191 e. The Morgan fingerprint density at radius 1 is 1.36 bits per heavy atom. The van der Waals surface area contributed by atoms with E-state index in [0.29, 0.717) is 18.5 Å². The smallest absolute Gasteiger partial charge is 0.191 e. The molecule has 1 unspecified atom stereocenters. The van der Waals surface area contributed by atoms with Crippen molar-refractivity contribution in [2.45, 2.75) is 39.8 Å². The molecule has 1 fully saturated rings. The molecule has 1 atom stereocenters. The van der Waals surface area contributed by atoms with Gasteiger partial charge in [-0.1, -0.05) is 20.8 Å². The Kier molecular flexibility index (Phi) is 10.9. The van der Waals surface area contributed by atoms with Gasteiger partial charge < -0.3 is 15.4 Å². The zero-order valence-corrected chi connectivity index (χ0v) is 18.9. The van der Waals surface area contributed by atoms with E-state index in [1.54, 1.807) is 11.3 Å². The zero-order chi connectivity index (χ0) is 17.4. The van der Waals surface area contributed by atoms with Crippen LogP contribution >= 0.6 is 35.3 Å². The lowest BCUT2D eigenvalue weighted by atomic mass is 10.0. The van der Waals surface area contributed by atoms with Crippen LogP contribution in [0.3, 0.4) is 0 Å². The zero-order valence-electron chi connectivity index (χ0n) is 15.7. The van der Waals surface area contributed by atoms with Gasteiger partial charge in [0, 0.05) is 43.8 Å². The average molecular weight is 481 g/mol. The summed E-state index contributed by atoms with van der Waals surface area (Å²) in [7, 11) is 1.81. The standard InChI is InChI=1S/C17H31N5OS.HI/c1-5-14-10-19-16(24-14)12-21-17(18-4)20-11-15(13(2)3)22-6-8-23-9-7-22;/h10,13,15H,5-9,11-12H2,1-4H3,(H2,18,20,21);1H. The van der Waals surface area contributed by atoms with E-state index in [9.17, 15) is 0 Å². The van der Waals surface area contributed by atoms with E-state index in [2.05, 4.69) is 46.3 Å². The molecule has 0 radical (unpaired) electrons. The van der Waals surface area contributed by atoms with Crippen molar-refractivity contribution in [2.75, 3.05) is 39.9 Å². The van der Waals surface area contributed by atoms with Crippen molar-refractivity contribution in [3.63, 3.8) is 0 Å². The van der Waals surface area contributed by atoms with Gasteiger partial charge in [0.25, 0.3) is 0 Å². The van der Waals surface area contributed by atoms with Gasteiger partial charge in [-0.2, -0.15) is 0 Å². The second-order valence-corrected chi connectivity index (χ2v) is 7.54. The van der Waals surface area contributed by atoms with Gasteiger partial charge in [0.2, 0.25) is 0 Å². The van der Waals surface area contributed by atoms with E-state index < -0.39 is 0 Å². The minimum absolute atomic E-state index is 0. The molecule has 1 saturated heterocycles. The molecule has 144 valence electrons. The first kappa shape index (κ1) is 22.6. The molecule has 1 aliphatic rings. The van der Waals surface area contributed by atoms with E-state index in [0.717, 1.165) is 50.2 Å². The van der Waals surface area contributed by atoms with Crippen LogP contribution in [0.1, 0.15) is 30.7 Å². The third-order valence-electron chi connectivity index (χ3n) is 4.34. The minimum atomic E-state index is 0. The molecule has 2 N–H and O–H groups in total. The first-order chi connectivity index (χ1) is 11.6. The SMILES string of the molecule is CCc1cnc(CNC(=NC)NCC(C(C)C)N2CCOCC2)s1.I. The molecule has 0 spiro atoms. The summed E-state index contributed by atoms with van der Waals surface area (Å²) in [5.41, 5.74) is 0. The first-order valence-corrected chi connectivity index (χ1v) is 9.65. The largest absolute Gasteiger partial charge is 0.379 e. The van der Waals surface area contributed by atoms with Crippen molar-refractivity contribution in [1.29, 1.82) is 0 Å². The molecule has 0 saturated carbocycles. The van der Waals surface area contributed by atoms with E-state index >= 15 is 0 Å². The molecule has 1 aliphatic heterocycles. The highest BCUT2D eigenvalue weighted by molar-refractivity contribution is 14.0. The number of nitrogens with zero attached hydrogens (tertiary/aromatic N) is 3. The van der Waals surface area contributed by atoms with Crippen LogP contribution in [0.15, 0.2) is 11.2 Å². The van der Waals surface area contributed by atoms with Crippen LogP contribution in [0.25, 0.3) is 0 Å². The number of hydrogen-bond acceptors (Lipinski definition) is 5. The highest BCUT2D eigenvalue weighted by Gasteiger charge is 2.23. The van der Waals surface area contributed by atoms with Crippen LogP contribution < -0.4 is 10.6 Å². The number of rotatable bonds is 7. The second kappa shape index (κ2) is 12.0. The fraction of sp³-hybridized carbons (Fsp3) is 0.765. The summed E-state index contributed by atoms with van der Waals surface area (Å²) in [6.07, 6.45) is 3.01. The molecular weight excluding hydrogens is 449 g/mol. The number of guanidine groups is 1. The van der Waals surface area contributed by atoms with Crippen molar-refractivity contribution in [1.82, 2.24) is 20.5 Å². The van der Waals surface area contributed by atoms with Gasteiger partial charge in [-0.05, 0) is 12.3 Å². The molecule has 2 rings (SSSR count).